The molecule has 10 N–H and O–H groups in total. The Morgan fingerprint density at radius 3 is 1.77 bits per heavy atom. The standard InChI is InChI=1S/C11H22N4O6.H2O4S/c1-13-11(12)14-2-7(18)15-5(3-16)8(19)10(21)9(20)6(15)4-17;1-5(2,3)4/h5-6,8-10,16-17,19-21H,2-4H2,1H3,(H3,12,13,14);(H2,1,2,3,4)/t5-,6-,8-,9-;/m1./s1. The number of rotatable bonds is 4. The number of aliphatic hydroxyl groups is 5. The summed E-state index contributed by atoms with van der Waals surface area (Å²) in [7, 11) is -3.25. The highest BCUT2D eigenvalue weighted by atomic mass is 32.3. The van der Waals surface area contributed by atoms with Gasteiger partial charge in [0.25, 0.3) is 0 Å². The Labute approximate surface area is 149 Å². The second-order valence-electron chi connectivity index (χ2n) is 5.18. The van der Waals surface area contributed by atoms with Gasteiger partial charge >= 0.3 is 10.4 Å². The molecule has 0 aromatic rings. The van der Waals surface area contributed by atoms with E-state index in [9.17, 15) is 30.3 Å². The second kappa shape index (κ2) is 10.5. The highest BCUT2D eigenvalue weighted by molar-refractivity contribution is 7.79. The maximum absolute atomic E-state index is 12.2. The van der Waals surface area contributed by atoms with Crippen molar-refractivity contribution in [3.8, 4) is 0 Å². The van der Waals surface area contributed by atoms with Crippen molar-refractivity contribution in [1.82, 2.24) is 10.2 Å². The highest BCUT2D eigenvalue weighted by Crippen LogP contribution is 2.24. The molecule has 0 bridgehead atoms. The van der Waals surface area contributed by atoms with E-state index in [1.165, 1.54) is 7.05 Å². The van der Waals surface area contributed by atoms with Crippen LogP contribution >= 0.6 is 0 Å². The number of piperidine rings is 1. The number of aliphatic imine (C=N–C) groups is 1. The van der Waals surface area contributed by atoms with Gasteiger partial charge < -0.3 is 41.5 Å². The van der Waals surface area contributed by atoms with Crippen LogP contribution in [-0.2, 0) is 15.2 Å². The van der Waals surface area contributed by atoms with E-state index in [4.69, 9.17) is 23.3 Å². The summed E-state index contributed by atoms with van der Waals surface area (Å²) in [5, 5.41) is 50.5. The smallest absolute Gasteiger partial charge is 0.394 e. The summed E-state index contributed by atoms with van der Waals surface area (Å²) in [5.74, 6) is -0.604. The molecule has 0 aromatic carbocycles. The Hall–Kier alpha value is -1.59. The van der Waals surface area contributed by atoms with Crippen LogP contribution in [0, 0.1) is 0 Å². The van der Waals surface area contributed by atoms with E-state index in [1.54, 1.807) is 0 Å². The first kappa shape index (κ1) is 24.4. The van der Waals surface area contributed by atoms with Crippen LogP contribution in [-0.4, -0.2) is 117 Å². The second-order valence-corrected chi connectivity index (χ2v) is 6.08. The normalized spacial score (nSPS) is 29.6. The van der Waals surface area contributed by atoms with E-state index >= 15 is 0 Å². The number of aliphatic hydroxyl groups excluding tert-OH is 5. The van der Waals surface area contributed by atoms with E-state index in [1.807, 2.05) is 0 Å². The van der Waals surface area contributed by atoms with Crippen LogP contribution in [0.4, 0.5) is 0 Å². The molecule has 0 unspecified atom stereocenters. The van der Waals surface area contributed by atoms with Crippen LogP contribution < -0.4 is 11.1 Å². The molecule has 1 heterocycles. The van der Waals surface area contributed by atoms with Gasteiger partial charge in [0.15, 0.2) is 5.96 Å². The highest BCUT2D eigenvalue weighted by Gasteiger charge is 2.48. The largest absolute Gasteiger partial charge is 0.394 e. The van der Waals surface area contributed by atoms with Crippen LogP contribution in [0.2, 0.25) is 0 Å². The van der Waals surface area contributed by atoms with Crippen LogP contribution in [0.15, 0.2) is 4.99 Å². The molecule has 1 aliphatic rings. The number of hydrogen-bond acceptors (Lipinski definition) is 9. The topological polar surface area (TPSA) is 246 Å². The van der Waals surface area contributed by atoms with Gasteiger partial charge in [-0.05, 0) is 0 Å². The third-order valence-corrected chi connectivity index (χ3v) is 3.53. The fourth-order valence-corrected chi connectivity index (χ4v) is 2.33. The van der Waals surface area contributed by atoms with Gasteiger partial charge in [0.05, 0.1) is 31.8 Å². The molecule has 0 radical (unpaired) electrons. The van der Waals surface area contributed by atoms with Gasteiger partial charge in [0.2, 0.25) is 5.91 Å². The Morgan fingerprint density at radius 2 is 1.46 bits per heavy atom. The number of nitrogens with zero attached hydrogens (tertiary/aromatic N) is 2. The molecule has 4 atom stereocenters. The summed E-state index contributed by atoms with van der Waals surface area (Å²) in [6.45, 7) is -1.57. The molecular weight excluding hydrogens is 380 g/mol. The molecule has 15 heteroatoms. The number of hydrogen-bond donors (Lipinski definition) is 9. The van der Waals surface area contributed by atoms with Gasteiger partial charge in [0, 0.05) is 7.05 Å². The molecule has 26 heavy (non-hydrogen) atoms. The first-order valence-electron chi connectivity index (χ1n) is 7.12. The lowest BCUT2D eigenvalue weighted by Gasteiger charge is -2.48. The summed E-state index contributed by atoms with van der Waals surface area (Å²) in [5.41, 5.74) is 5.39. The molecule has 1 amide bonds. The van der Waals surface area contributed by atoms with Gasteiger partial charge in [-0.2, -0.15) is 8.42 Å². The lowest BCUT2D eigenvalue weighted by Crippen LogP contribution is -2.70. The molecule has 1 rings (SSSR count). The van der Waals surface area contributed by atoms with Crippen molar-refractivity contribution in [2.75, 3.05) is 26.8 Å². The Morgan fingerprint density at radius 1 is 1.08 bits per heavy atom. The predicted octanol–water partition coefficient (Wildman–Crippen LogP) is -5.49. The molecule has 0 saturated carbocycles. The van der Waals surface area contributed by atoms with Crippen LogP contribution in [0.3, 0.4) is 0 Å². The maximum atomic E-state index is 12.2. The predicted molar refractivity (Wildman–Crippen MR) is 86.3 cm³/mol. The Kier molecular flexibility index (Phi) is 9.89. The van der Waals surface area contributed by atoms with E-state index in [-0.39, 0.29) is 12.5 Å². The van der Waals surface area contributed by atoms with Crippen molar-refractivity contribution in [1.29, 1.82) is 0 Å². The van der Waals surface area contributed by atoms with Crippen molar-refractivity contribution in [2.45, 2.75) is 30.4 Å². The molecule has 0 aromatic heterocycles. The summed E-state index contributed by atoms with van der Waals surface area (Å²) in [6.07, 6.45) is -4.64. The molecule has 0 spiro atoms. The zero-order valence-electron chi connectivity index (χ0n) is 13.7. The van der Waals surface area contributed by atoms with E-state index < -0.39 is 59.9 Å². The van der Waals surface area contributed by atoms with E-state index in [0.29, 0.717) is 0 Å². The number of nitrogens with two attached hydrogens (primary N) is 1. The van der Waals surface area contributed by atoms with Crippen molar-refractivity contribution in [2.24, 2.45) is 10.7 Å². The van der Waals surface area contributed by atoms with E-state index in [0.717, 1.165) is 4.90 Å². The summed E-state index contributed by atoms with van der Waals surface area (Å²) in [6, 6.07) is -2.29. The third kappa shape index (κ3) is 7.34. The lowest BCUT2D eigenvalue weighted by molar-refractivity contribution is -0.187. The molecule has 14 nitrogen and oxygen atoms in total. The molecule has 154 valence electrons. The monoisotopic (exact) mass is 404 g/mol. The minimum absolute atomic E-state index is 0.0163. The fraction of sp³-hybridized carbons (Fsp3) is 0.818. The third-order valence-electron chi connectivity index (χ3n) is 3.53. The number of amides is 1. The summed E-state index contributed by atoms with van der Waals surface area (Å²) < 4.78 is 31.6. The summed E-state index contributed by atoms with van der Waals surface area (Å²) in [4.78, 5) is 16.7. The van der Waals surface area contributed by atoms with Crippen molar-refractivity contribution >= 4 is 22.3 Å². The summed E-state index contributed by atoms with van der Waals surface area (Å²) >= 11 is 0. The van der Waals surface area contributed by atoms with Gasteiger partial charge in [-0.1, -0.05) is 0 Å². The minimum Gasteiger partial charge on any atom is -0.394 e. The first-order chi connectivity index (χ1) is 11.9. The van der Waals surface area contributed by atoms with E-state index in [2.05, 4.69) is 10.3 Å². The molecule has 1 fully saturated rings. The number of carbonyl (C=O) groups excluding carboxylic acids is 1. The van der Waals surface area contributed by atoms with Gasteiger partial charge in [-0.3, -0.25) is 18.9 Å². The maximum Gasteiger partial charge on any atom is 0.394 e. The Balaban J connectivity index is 0.00000110. The van der Waals surface area contributed by atoms with Crippen LogP contribution in [0.25, 0.3) is 0 Å². The molecule has 0 aliphatic carbocycles. The number of carbonyl (C=O) groups is 1. The molecule has 1 saturated heterocycles. The SMILES string of the molecule is CN=C(N)NCC(=O)N1[C@H](CO)[C@@H](O)C(O)[C@H](O)[C@H]1CO.O=S(=O)(O)O. The molecular formula is C11H24N4O10S. The van der Waals surface area contributed by atoms with Crippen LogP contribution in [0.1, 0.15) is 0 Å². The molecule has 1 aliphatic heterocycles. The van der Waals surface area contributed by atoms with Crippen molar-refractivity contribution in [3.63, 3.8) is 0 Å². The quantitative estimate of drug-likeness (QED) is 0.121. The average Bonchev–Trinajstić information content (AvgIpc) is 2.55. The average molecular weight is 404 g/mol. The minimum atomic E-state index is -4.67. The first-order valence-corrected chi connectivity index (χ1v) is 8.51. The van der Waals surface area contributed by atoms with Gasteiger partial charge in [-0.15, -0.1) is 0 Å². The Bertz CT molecular complexity index is 560. The van der Waals surface area contributed by atoms with Gasteiger partial charge in [0.1, 0.15) is 18.3 Å². The van der Waals surface area contributed by atoms with Crippen molar-refractivity contribution in [3.05, 3.63) is 0 Å². The number of nitrogens with one attached hydrogen (secondary N) is 1. The number of likely N-dealkylation sites (tertiary alicyclic amines) is 1. The lowest BCUT2D eigenvalue weighted by atomic mass is 9.88. The zero-order chi connectivity index (χ0) is 20.7. The fourth-order valence-electron chi connectivity index (χ4n) is 2.33. The van der Waals surface area contributed by atoms with Crippen LogP contribution in [0.5, 0.6) is 0 Å². The van der Waals surface area contributed by atoms with Crippen molar-refractivity contribution < 1.29 is 47.9 Å². The number of guanidine groups is 1. The zero-order valence-corrected chi connectivity index (χ0v) is 14.6. The van der Waals surface area contributed by atoms with Gasteiger partial charge in [-0.25, -0.2) is 0 Å².